The number of piperidine rings is 1. The molecule has 31 heavy (non-hydrogen) atoms. The molecular weight excluding hydrogens is 407 g/mol. The maximum atomic E-state index is 12.6. The Morgan fingerprint density at radius 1 is 1.19 bits per heavy atom. The van der Waals surface area contributed by atoms with Gasteiger partial charge in [0.15, 0.2) is 0 Å². The molecule has 2 aromatic rings. The summed E-state index contributed by atoms with van der Waals surface area (Å²) >= 11 is 0. The van der Waals surface area contributed by atoms with Crippen LogP contribution in [0.25, 0.3) is 11.3 Å². The van der Waals surface area contributed by atoms with E-state index in [1.165, 1.54) is 31.0 Å². The molecule has 0 aliphatic carbocycles. The average molecular weight is 438 g/mol. The van der Waals surface area contributed by atoms with Crippen LogP contribution in [0.2, 0.25) is 0 Å². The summed E-state index contributed by atoms with van der Waals surface area (Å²) in [7, 11) is 0. The summed E-state index contributed by atoms with van der Waals surface area (Å²) in [6, 6.07) is 7.76. The molecule has 0 amide bonds. The Morgan fingerprint density at radius 3 is 2.68 bits per heavy atom. The number of anilines is 2. The van der Waals surface area contributed by atoms with E-state index in [0.717, 1.165) is 32.5 Å². The molecule has 3 rings (SSSR count). The van der Waals surface area contributed by atoms with Crippen molar-refractivity contribution in [1.82, 2.24) is 15.3 Å². The Kier molecular flexibility index (Phi) is 7.95. The number of benzene rings is 1. The molecule has 1 saturated heterocycles. The fraction of sp³-hybridized carbons (Fsp3) is 0.545. The second-order valence-electron chi connectivity index (χ2n) is 7.90. The van der Waals surface area contributed by atoms with Gasteiger partial charge in [-0.05, 0) is 63.7 Å². The van der Waals surface area contributed by atoms with Gasteiger partial charge in [-0.3, -0.25) is 0 Å². The van der Waals surface area contributed by atoms with Crippen molar-refractivity contribution in [1.29, 1.82) is 0 Å². The van der Waals surface area contributed by atoms with Crippen molar-refractivity contribution in [2.24, 2.45) is 5.92 Å². The smallest absolute Gasteiger partial charge is 0.406 e. The van der Waals surface area contributed by atoms with Crippen LogP contribution in [0.15, 0.2) is 30.3 Å². The summed E-state index contributed by atoms with van der Waals surface area (Å²) in [5.74, 6) is 1.50. The van der Waals surface area contributed by atoms with Crippen LogP contribution in [0.1, 0.15) is 39.5 Å². The molecular formula is C22H30F3N5O. The summed E-state index contributed by atoms with van der Waals surface area (Å²) < 4.78 is 41.9. The molecule has 1 aromatic heterocycles. The van der Waals surface area contributed by atoms with E-state index in [-0.39, 0.29) is 11.8 Å². The molecule has 2 heterocycles. The van der Waals surface area contributed by atoms with Crippen molar-refractivity contribution < 1.29 is 17.9 Å². The molecule has 0 saturated carbocycles. The quantitative estimate of drug-likeness (QED) is 0.510. The number of hydrogen-bond acceptors (Lipinski definition) is 6. The van der Waals surface area contributed by atoms with Gasteiger partial charge < -0.3 is 20.7 Å². The summed E-state index contributed by atoms with van der Waals surface area (Å²) in [6.07, 6.45) is -0.465. The highest BCUT2D eigenvalue weighted by Crippen LogP contribution is 2.29. The van der Waals surface area contributed by atoms with Gasteiger partial charge in [-0.2, -0.15) is 4.98 Å². The number of aromatic nitrogens is 2. The zero-order valence-electron chi connectivity index (χ0n) is 17.9. The maximum absolute atomic E-state index is 12.6. The molecule has 0 bridgehead atoms. The molecule has 1 atom stereocenters. The Hall–Kier alpha value is -2.55. The van der Waals surface area contributed by atoms with Gasteiger partial charge in [0.25, 0.3) is 0 Å². The molecule has 9 heteroatoms. The van der Waals surface area contributed by atoms with Gasteiger partial charge in [-0.15, -0.1) is 13.2 Å². The second kappa shape index (κ2) is 10.7. The number of nitrogens with one attached hydrogen (secondary N) is 3. The summed E-state index contributed by atoms with van der Waals surface area (Å²) in [4.78, 5) is 9.07. The van der Waals surface area contributed by atoms with Crippen molar-refractivity contribution in [3.05, 3.63) is 30.3 Å². The zero-order chi connectivity index (χ0) is 22.3. The highest BCUT2D eigenvalue weighted by molar-refractivity contribution is 5.66. The van der Waals surface area contributed by atoms with Crippen molar-refractivity contribution in [3.63, 3.8) is 0 Å². The van der Waals surface area contributed by atoms with Gasteiger partial charge in [0.05, 0.1) is 5.69 Å². The van der Waals surface area contributed by atoms with Crippen molar-refractivity contribution in [3.8, 4) is 17.0 Å². The van der Waals surface area contributed by atoms with E-state index in [1.54, 1.807) is 12.1 Å². The first kappa shape index (κ1) is 23.1. The predicted octanol–water partition coefficient (Wildman–Crippen LogP) is 5.05. The molecule has 0 unspecified atom stereocenters. The molecule has 0 spiro atoms. The lowest BCUT2D eigenvalue weighted by atomic mass is 9.95. The average Bonchev–Trinajstić information content (AvgIpc) is 2.73. The SMILES string of the molecule is CC[C@@H](C)Nc1nc(NCCC2CCNCC2)cc(-c2cccc(OC(F)(F)F)c2)n1. The minimum absolute atomic E-state index is 0.165. The summed E-state index contributed by atoms with van der Waals surface area (Å²) in [5, 5.41) is 9.99. The van der Waals surface area contributed by atoms with Gasteiger partial charge in [-0.1, -0.05) is 19.1 Å². The largest absolute Gasteiger partial charge is 0.573 e. The Bertz CT molecular complexity index is 840. The number of halogens is 3. The number of rotatable bonds is 9. The van der Waals surface area contributed by atoms with E-state index < -0.39 is 6.36 Å². The monoisotopic (exact) mass is 437 g/mol. The molecule has 1 aliphatic rings. The standard InChI is InChI=1S/C22H30F3N5O/c1-3-15(2)28-21-29-19(17-5-4-6-18(13-17)31-22(23,24)25)14-20(30-21)27-12-9-16-7-10-26-11-8-16/h4-6,13-16,26H,3,7-12H2,1-2H3,(H2,27,28,29,30)/t15-/m1/s1. The maximum Gasteiger partial charge on any atom is 0.573 e. The number of hydrogen-bond donors (Lipinski definition) is 3. The van der Waals surface area contributed by atoms with Gasteiger partial charge >= 0.3 is 6.36 Å². The van der Waals surface area contributed by atoms with Gasteiger partial charge in [0.2, 0.25) is 5.95 Å². The molecule has 1 aromatic carbocycles. The van der Waals surface area contributed by atoms with E-state index in [2.05, 4.69) is 37.6 Å². The normalized spacial score (nSPS) is 16.0. The third kappa shape index (κ3) is 7.57. The summed E-state index contributed by atoms with van der Waals surface area (Å²) in [5.41, 5.74) is 1.05. The fourth-order valence-electron chi connectivity index (χ4n) is 3.50. The lowest BCUT2D eigenvalue weighted by molar-refractivity contribution is -0.274. The zero-order valence-corrected chi connectivity index (χ0v) is 17.9. The van der Waals surface area contributed by atoms with Crippen molar-refractivity contribution in [2.75, 3.05) is 30.3 Å². The first-order valence-electron chi connectivity index (χ1n) is 10.8. The Labute approximate surface area is 181 Å². The Balaban J connectivity index is 1.78. The molecule has 3 N–H and O–H groups in total. The summed E-state index contributed by atoms with van der Waals surface area (Å²) in [6.45, 7) is 6.97. The molecule has 170 valence electrons. The topological polar surface area (TPSA) is 71.1 Å². The molecule has 1 aliphatic heterocycles. The van der Waals surface area contributed by atoms with Gasteiger partial charge in [0, 0.05) is 24.2 Å². The van der Waals surface area contributed by atoms with Gasteiger partial charge in [-0.25, -0.2) is 4.98 Å². The van der Waals surface area contributed by atoms with Crippen LogP contribution in [0.5, 0.6) is 5.75 Å². The van der Waals surface area contributed by atoms with E-state index in [9.17, 15) is 13.2 Å². The van der Waals surface area contributed by atoms with E-state index in [4.69, 9.17) is 0 Å². The highest BCUT2D eigenvalue weighted by Gasteiger charge is 2.31. The lowest BCUT2D eigenvalue weighted by Gasteiger charge is -2.22. The predicted molar refractivity (Wildman–Crippen MR) is 116 cm³/mol. The minimum Gasteiger partial charge on any atom is -0.406 e. The van der Waals surface area contributed by atoms with E-state index in [1.807, 2.05) is 6.92 Å². The van der Waals surface area contributed by atoms with Crippen LogP contribution < -0.4 is 20.7 Å². The number of nitrogens with zero attached hydrogens (tertiary/aromatic N) is 2. The molecule has 0 radical (unpaired) electrons. The van der Waals surface area contributed by atoms with Gasteiger partial charge in [0.1, 0.15) is 11.6 Å². The van der Waals surface area contributed by atoms with Crippen molar-refractivity contribution in [2.45, 2.75) is 51.9 Å². The number of ether oxygens (including phenoxy) is 1. The van der Waals surface area contributed by atoms with Crippen molar-refractivity contribution >= 4 is 11.8 Å². The van der Waals surface area contributed by atoms with Crippen LogP contribution in [-0.2, 0) is 0 Å². The number of alkyl halides is 3. The third-order valence-electron chi connectivity index (χ3n) is 5.39. The van der Waals surface area contributed by atoms with E-state index >= 15 is 0 Å². The third-order valence-corrected chi connectivity index (χ3v) is 5.39. The Morgan fingerprint density at radius 2 is 1.97 bits per heavy atom. The molecule has 1 fully saturated rings. The molecule has 6 nitrogen and oxygen atoms in total. The fourth-order valence-corrected chi connectivity index (χ4v) is 3.50. The highest BCUT2D eigenvalue weighted by atomic mass is 19.4. The van der Waals surface area contributed by atoms with Crippen LogP contribution in [0, 0.1) is 5.92 Å². The second-order valence-corrected chi connectivity index (χ2v) is 7.90. The van der Waals surface area contributed by atoms with Crippen LogP contribution in [0.3, 0.4) is 0 Å². The van der Waals surface area contributed by atoms with Crippen LogP contribution in [0.4, 0.5) is 24.9 Å². The first-order chi connectivity index (χ1) is 14.8. The first-order valence-corrected chi connectivity index (χ1v) is 10.8. The minimum atomic E-state index is -4.74. The van der Waals surface area contributed by atoms with Crippen LogP contribution in [-0.4, -0.2) is 42.0 Å². The van der Waals surface area contributed by atoms with E-state index in [0.29, 0.717) is 28.9 Å². The van der Waals surface area contributed by atoms with Crippen LogP contribution >= 0.6 is 0 Å². The lowest BCUT2D eigenvalue weighted by Crippen LogP contribution is -2.28.